The molecule has 0 aliphatic heterocycles. The minimum atomic E-state index is -0.726. The smallest absolute Gasteiger partial charge is 0.122 e. The van der Waals surface area contributed by atoms with E-state index in [9.17, 15) is 0 Å². The van der Waals surface area contributed by atoms with E-state index in [0.717, 1.165) is 39.6 Å². The number of fused-ring (bicyclic) bond motifs is 6. The maximum absolute atomic E-state index is 2.55. The predicted octanol–water partition coefficient (Wildman–Crippen LogP) is 16.0. The summed E-state index contributed by atoms with van der Waals surface area (Å²) >= 11 is 0. The summed E-state index contributed by atoms with van der Waals surface area (Å²) in [6.07, 6.45) is 0. The number of hydrogen-bond acceptors (Lipinski definition) is 2. The second-order valence-electron chi connectivity index (χ2n) is 16.5. The zero-order valence-corrected chi connectivity index (χ0v) is 35.2. The third kappa shape index (κ3) is 5.97. The van der Waals surface area contributed by atoms with Gasteiger partial charge in [-0.1, -0.05) is 182 Å². The first-order valence-corrected chi connectivity index (χ1v) is 22.0. The van der Waals surface area contributed by atoms with E-state index in [1.165, 1.54) is 55.2 Å². The van der Waals surface area contributed by atoms with E-state index >= 15 is 0 Å². The van der Waals surface area contributed by atoms with Crippen LogP contribution in [0.15, 0.2) is 261 Å². The molecule has 1 atom stereocenters. The Labute approximate surface area is 374 Å². The molecule has 1 aliphatic rings. The molecule has 1 aromatic heterocycles. The first-order valence-electron chi connectivity index (χ1n) is 22.0. The lowest BCUT2D eigenvalue weighted by Gasteiger charge is -2.45. The quantitative estimate of drug-likeness (QED) is 0.144. The molecule has 64 heavy (non-hydrogen) atoms. The van der Waals surface area contributed by atoms with Gasteiger partial charge in [0.2, 0.25) is 0 Å². The number of rotatable bonds is 9. The predicted molar refractivity (Wildman–Crippen MR) is 268 cm³/mol. The molecule has 0 spiro atoms. The molecule has 0 bridgehead atoms. The monoisotopic (exact) mass is 817 g/mol. The van der Waals surface area contributed by atoms with Crippen LogP contribution in [0.1, 0.15) is 16.7 Å². The Morgan fingerprint density at radius 2 is 0.812 bits per heavy atom. The fourth-order valence-corrected chi connectivity index (χ4v) is 10.3. The highest BCUT2D eigenvalue weighted by molar-refractivity contribution is 6.10. The van der Waals surface area contributed by atoms with Crippen molar-refractivity contribution in [1.82, 2.24) is 4.57 Å². The van der Waals surface area contributed by atoms with E-state index in [2.05, 4.69) is 275 Å². The normalized spacial score (nSPS) is 14.0. The van der Waals surface area contributed by atoms with E-state index in [-0.39, 0.29) is 0 Å². The first kappa shape index (κ1) is 37.4. The van der Waals surface area contributed by atoms with E-state index in [0.29, 0.717) is 0 Å². The number of anilines is 5. The molecule has 3 heteroatoms. The minimum Gasteiger partial charge on any atom is -0.323 e. The third-order valence-electron chi connectivity index (χ3n) is 13.0. The molecule has 11 aromatic rings. The van der Waals surface area contributed by atoms with Gasteiger partial charge in [0.25, 0.3) is 0 Å². The van der Waals surface area contributed by atoms with Crippen molar-refractivity contribution in [2.75, 3.05) is 9.80 Å². The molecule has 0 radical (unpaired) electrons. The Hall–Kier alpha value is -8.40. The van der Waals surface area contributed by atoms with Crippen molar-refractivity contribution in [2.45, 2.75) is 5.54 Å². The summed E-state index contributed by atoms with van der Waals surface area (Å²) in [7, 11) is 0. The van der Waals surface area contributed by atoms with Crippen LogP contribution in [0.5, 0.6) is 0 Å². The minimum absolute atomic E-state index is 0.726. The zero-order chi connectivity index (χ0) is 42.5. The van der Waals surface area contributed by atoms with Crippen molar-refractivity contribution in [3.63, 3.8) is 0 Å². The highest BCUT2D eigenvalue weighted by Crippen LogP contribution is 2.58. The van der Waals surface area contributed by atoms with Crippen molar-refractivity contribution in [1.29, 1.82) is 0 Å². The summed E-state index contributed by atoms with van der Waals surface area (Å²) in [4.78, 5) is 4.98. The van der Waals surface area contributed by atoms with Crippen LogP contribution in [-0.2, 0) is 5.54 Å². The summed E-state index contributed by atoms with van der Waals surface area (Å²) in [6.45, 7) is 0. The Kier molecular flexibility index (Phi) is 9.05. The van der Waals surface area contributed by atoms with Gasteiger partial charge >= 0.3 is 0 Å². The lowest BCUT2D eigenvalue weighted by molar-refractivity contribution is 0.644. The average molecular weight is 818 g/mol. The summed E-state index contributed by atoms with van der Waals surface area (Å²) in [5.41, 5.74) is 16.7. The number of nitrogens with zero attached hydrogens (tertiary/aromatic N) is 3. The Balaban J connectivity index is 1.10. The zero-order valence-electron chi connectivity index (χ0n) is 35.2. The van der Waals surface area contributed by atoms with Gasteiger partial charge < -0.3 is 14.4 Å². The van der Waals surface area contributed by atoms with E-state index in [1.54, 1.807) is 0 Å². The molecule has 302 valence electrons. The second-order valence-corrected chi connectivity index (χ2v) is 16.5. The summed E-state index contributed by atoms with van der Waals surface area (Å²) in [5.74, 6) is 0. The van der Waals surface area contributed by atoms with Gasteiger partial charge in [-0.25, -0.2) is 0 Å². The Bertz CT molecular complexity index is 3380. The lowest BCUT2D eigenvalue weighted by atomic mass is 9.78. The van der Waals surface area contributed by atoms with Gasteiger partial charge in [0.15, 0.2) is 0 Å². The molecule has 0 fully saturated rings. The van der Waals surface area contributed by atoms with Crippen LogP contribution in [0.4, 0.5) is 28.4 Å². The summed E-state index contributed by atoms with van der Waals surface area (Å²) in [5, 5.41) is 2.45. The molecule has 12 rings (SSSR count). The molecular weight excluding hydrogens is 775 g/mol. The fraction of sp³-hybridized carbons (Fsp3) is 0.0164. The van der Waals surface area contributed by atoms with E-state index in [4.69, 9.17) is 0 Å². The maximum Gasteiger partial charge on any atom is 0.122 e. The van der Waals surface area contributed by atoms with Crippen LogP contribution in [-0.4, -0.2) is 4.57 Å². The van der Waals surface area contributed by atoms with Gasteiger partial charge in [0.1, 0.15) is 5.54 Å². The molecule has 0 N–H and O–H groups in total. The van der Waals surface area contributed by atoms with Crippen LogP contribution in [0.25, 0.3) is 49.7 Å². The summed E-state index contributed by atoms with van der Waals surface area (Å²) < 4.78 is 2.42. The van der Waals surface area contributed by atoms with Gasteiger partial charge in [-0.15, -0.1) is 0 Å². The average Bonchev–Trinajstić information content (AvgIpc) is 3.86. The molecule has 1 heterocycles. The molecular formula is C61H43N3. The number of para-hydroxylation sites is 4. The molecule has 3 nitrogen and oxygen atoms in total. The molecule has 1 unspecified atom stereocenters. The molecule has 0 saturated carbocycles. The van der Waals surface area contributed by atoms with Crippen molar-refractivity contribution in [2.24, 2.45) is 0 Å². The van der Waals surface area contributed by atoms with Crippen molar-refractivity contribution < 1.29 is 0 Å². The van der Waals surface area contributed by atoms with Crippen LogP contribution in [0.3, 0.4) is 0 Å². The van der Waals surface area contributed by atoms with E-state index < -0.39 is 5.54 Å². The first-order chi connectivity index (χ1) is 31.8. The van der Waals surface area contributed by atoms with Crippen molar-refractivity contribution in [3.05, 3.63) is 278 Å². The molecule has 10 aromatic carbocycles. The standard InChI is InChI=1S/C61H43N3/c1-6-20-44(21-7-1)45-34-36-48(37-35-45)63-59-33-19-17-31-55(59)56-41-39-52(43-60(56)63)62(47-24-10-3-11-25-47)51-38-40-54-53-30-16-18-32-57(53)61(58(54)42-51,46-22-8-2-9-23-46)64(49-26-12-4-13-27-49)50-28-14-5-15-29-50/h1-43H. The SMILES string of the molecule is c1ccc(-c2ccc(-n3c4ccccc4c4ccc(N(c5ccccc5)c5ccc6c(c5)C(c5ccccc5)(N(c5ccccc5)c5ccccc5)c5ccccc5-6)cc43)cc2)cc1. The molecule has 0 amide bonds. The number of benzene rings is 10. The summed E-state index contributed by atoms with van der Waals surface area (Å²) in [6, 6.07) is 95.0. The van der Waals surface area contributed by atoms with Gasteiger partial charge in [0, 0.05) is 44.9 Å². The maximum atomic E-state index is 2.55. The van der Waals surface area contributed by atoms with Crippen LogP contribution < -0.4 is 9.80 Å². The lowest BCUT2D eigenvalue weighted by Crippen LogP contribution is -2.44. The Morgan fingerprint density at radius 1 is 0.312 bits per heavy atom. The van der Waals surface area contributed by atoms with Crippen molar-refractivity contribution in [3.8, 4) is 27.9 Å². The highest BCUT2D eigenvalue weighted by atomic mass is 15.2. The van der Waals surface area contributed by atoms with Gasteiger partial charge in [-0.2, -0.15) is 0 Å². The Morgan fingerprint density at radius 3 is 1.50 bits per heavy atom. The topological polar surface area (TPSA) is 11.4 Å². The van der Waals surface area contributed by atoms with Gasteiger partial charge in [0.05, 0.1) is 11.0 Å². The van der Waals surface area contributed by atoms with Gasteiger partial charge in [-0.3, -0.25) is 0 Å². The third-order valence-corrected chi connectivity index (χ3v) is 13.0. The number of aromatic nitrogens is 1. The van der Waals surface area contributed by atoms with Crippen LogP contribution in [0, 0.1) is 0 Å². The molecule has 0 saturated heterocycles. The van der Waals surface area contributed by atoms with E-state index in [1.807, 2.05) is 0 Å². The second kappa shape index (κ2) is 15.5. The number of hydrogen-bond donors (Lipinski definition) is 0. The van der Waals surface area contributed by atoms with Crippen molar-refractivity contribution >= 4 is 50.2 Å². The fourth-order valence-electron chi connectivity index (χ4n) is 10.3. The largest absolute Gasteiger partial charge is 0.323 e. The van der Waals surface area contributed by atoms with Crippen LogP contribution >= 0.6 is 0 Å². The molecule has 1 aliphatic carbocycles. The van der Waals surface area contributed by atoms with Gasteiger partial charge in [-0.05, 0) is 118 Å². The van der Waals surface area contributed by atoms with Crippen LogP contribution in [0.2, 0.25) is 0 Å². The highest BCUT2D eigenvalue weighted by Gasteiger charge is 2.50.